The van der Waals surface area contributed by atoms with Gasteiger partial charge in [0.1, 0.15) is 11.3 Å². The number of rotatable bonds is 5. The largest absolute Gasteiger partial charge is 0.351 e. The van der Waals surface area contributed by atoms with E-state index in [1.165, 1.54) is 11.0 Å². The van der Waals surface area contributed by atoms with E-state index in [9.17, 15) is 25.0 Å². The number of nitro groups is 2. The molecule has 3 heterocycles. The zero-order chi connectivity index (χ0) is 24.3. The number of azide groups is 2. The summed E-state index contributed by atoms with van der Waals surface area (Å²) in [4.78, 5) is 41.1. The van der Waals surface area contributed by atoms with Gasteiger partial charge >= 0.3 is 0 Å². The molecule has 0 aliphatic heterocycles. The van der Waals surface area contributed by atoms with Gasteiger partial charge in [0.15, 0.2) is 11.2 Å². The Bertz CT molecular complexity index is 1460. The second-order valence-electron chi connectivity index (χ2n) is 6.25. The van der Waals surface area contributed by atoms with E-state index in [1.54, 1.807) is 14.1 Å². The first-order chi connectivity index (χ1) is 15.7. The van der Waals surface area contributed by atoms with Crippen LogP contribution in [0.1, 0.15) is 0 Å². The lowest BCUT2D eigenvalue weighted by Gasteiger charge is -1.99. The average molecular weight is 454 g/mol. The van der Waals surface area contributed by atoms with Crippen LogP contribution in [-0.4, -0.2) is 49.9 Å². The van der Waals surface area contributed by atoms with Crippen LogP contribution in [0.5, 0.6) is 0 Å². The number of aromatic nitrogens is 5. The second kappa shape index (κ2) is 8.68. The van der Waals surface area contributed by atoms with Crippen molar-refractivity contribution in [3.63, 3.8) is 0 Å². The second-order valence-corrected chi connectivity index (χ2v) is 6.25. The lowest BCUT2D eigenvalue weighted by atomic mass is 10.2. The van der Waals surface area contributed by atoms with Gasteiger partial charge in [-0.3, -0.25) is 25.0 Å². The maximum absolute atomic E-state index is 11.3. The van der Waals surface area contributed by atoms with Crippen LogP contribution in [0.25, 0.3) is 43.1 Å². The zero-order valence-electron chi connectivity index (χ0n) is 16.6. The zero-order valence-corrected chi connectivity index (χ0v) is 16.6. The number of nitro benzene ring substituents is 2. The highest BCUT2D eigenvalue weighted by Gasteiger charge is 2.25. The highest BCUT2D eigenvalue weighted by atomic mass is 16.6. The maximum Gasteiger partial charge on any atom is 0.292 e. The summed E-state index contributed by atoms with van der Waals surface area (Å²) >= 11 is 0. The molecule has 0 fully saturated rings. The van der Waals surface area contributed by atoms with Crippen LogP contribution >= 0.6 is 0 Å². The molecule has 0 radical (unpaired) electrons. The summed E-state index contributed by atoms with van der Waals surface area (Å²) < 4.78 is 2.05. The van der Waals surface area contributed by atoms with Crippen LogP contribution in [0.3, 0.4) is 0 Å². The first-order valence-electron chi connectivity index (χ1n) is 8.49. The Morgan fingerprint density at radius 2 is 1.85 bits per heavy atom. The van der Waals surface area contributed by atoms with Crippen LogP contribution in [-0.2, 0) is 4.79 Å². The topological polar surface area (TPSA) is 252 Å². The highest BCUT2D eigenvalue weighted by Crippen LogP contribution is 2.32. The van der Waals surface area contributed by atoms with Crippen molar-refractivity contribution in [2.45, 2.75) is 0 Å². The van der Waals surface area contributed by atoms with Gasteiger partial charge in [0.25, 0.3) is 11.4 Å². The van der Waals surface area contributed by atoms with Crippen LogP contribution in [0, 0.1) is 20.2 Å². The number of amides is 1. The first kappa shape index (κ1) is 22.2. The van der Waals surface area contributed by atoms with Crippen molar-refractivity contribution in [2.24, 2.45) is 10.2 Å². The van der Waals surface area contributed by atoms with Crippen LogP contribution < -0.4 is 9.84 Å². The van der Waals surface area contributed by atoms with Gasteiger partial charge in [-0.1, -0.05) is 15.3 Å². The molecule has 0 aliphatic rings. The molecule has 0 saturated carbocycles. The summed E-state index contributed by atoms with van der Waals surface area (Å²) in [7, 11) is 3.38. The summed E-state index contributed by atoms with van der Waals surface area (Å²) in [5.74, 6) is -0.172. The van der Waals surface area contributed by atoms with Crippen LogP contribution in [0.15, 0.2) is 28.4 Å². The maximum atomic E-state index is 11.3. The molecule has 0 bridgehead atoms. The Hall–Kier alpha value is -5.54. The van der Waals surface area contributed by atoms with Crippen molar-refractivity contribution in [2.75, 3.05) is 14.1 Å². The van der Waals surface area contributed by atoms with E-state index in [4.69, 9.17) is 11.1 Å². The highest BCUT2D eigenvalue weighted by molar-refractivity contribution is 5.91. The molecule has 166 valence electrons. The standard InChI is InChI=1S/C11H3N13O4.C3H7NO/c12-19-15-5-3-8(16-20-13)14-11-9(5)17-24-18-10-6(21(11)24)1-4(22(25)26)2-7(10)23(27)28;1-4(2)3-5/h1-3H;3H,1-2H3. The molecule has 19 heteroatoms. The normalized spacial score (nSPS) is 10.1. The number of carbonyl (C=O) groups is 1. The van der Waals surface area contributed by atoms with E-state index in [-0.39, 0.29) is 33.7 Å². The molecule has 0 aliphatic carbocycles. The van der Waals surface area contributed by atoms with E-state index in [1.807, 2.05) is 0 Å². The third kappa shape index (κ3) is 4.06. The van der Waals surface area contributed by atoms with Gasteiger partial charge in [-0.15, -0.1) is 4.52 Å². The van der Waals surface area contributed by atoms with E-state index in [0.29, 0.717) is 0 Å². The Kier molecular flexibility index (Phi) is 5.82. The lowest BCUT2D eigenvalue weighted by Crippen LogP contribution is -2.32. The molecule has 4 rings (SSSR count). The molecule has 0 atom stereocenters. The van der Waals surface area contributed by atoms with Crippen molar-refractivity contribution in [1.29, 1.82) is 0 Å². The minimum atomic E-state index is -0.811. The number of nitrogens with zero attached hydrogens (tertiary/aromatic N) is 14. The van der Waals surface area contributed by atoms with Crippen molar-refractivity contribution in [3.8, 4) is 0 Å². The van der Waals surface area contributed by atoms with Crippen molar-refractivity contribution >= 4 is 51.5 Å². The van der Waals surface area contributed by atoms with Crippen molar-refractivity contribution in [3.05, 3.63) is 59.3 Å². The summed E-state index contributed by atoms with van der Waals surface area (Å²) in [5, 5.41) is 37.3. The fourth-order valence-electron chi connectivity index (χ4n) is 2.65. The fraction of sp³-hybridized carbons (Fsp3) is 0.143. The van der Waals surface area contributed by atoms with E-state index >= 15 is 0 Å². The molecule has 4 aromatic rings. The molecular formula is C14H10N14O5. The minimum Gasteiger partial charge on any atom is -0.351 e. The Balaban J connectivity index is 0.000000555. The van der Waals surface area contributed by atoms with Crippen LogP contribution in [0.2, 0.25) is 0 Å². The predicted molar refractivity (Wildman–Crippen MR) is 108 cm³/mol. The average Bonchev–Trinajstić information content (AvgIpc) is 3.30. The third-order valence-electron chi connectivity index (χ3n) is 3.90. The Labute approximate surface area is 180 Å². The number of hydrogen-bond donors (Lipinski definition) is 0. The van der Waals surface area contributed by atoms with Gasteiger partial charge < -0.3 is 4.90 Å². The van der Waals surface area contributed by atoms with Crippen molar-refractivity contribution in [1.82, 2.24) is 24.6 Å². The molecule has 0 N–H and O–H groups in total. The van der Waals surface area contributed by atoms with E-state index in [0.717, 1.165) is 27.8 Å². The van der Waals surface area contributed by atoms with Gasteiger partial charge in [-0.25, -0.2) is 4.98 Å². The molecule has 0 unspecified atom stereocenters. The predicted octanol–water partition coefficient (Wildman–Crippen LogP) is 1.98. The van der Waals surface area contributed by atoms with Crippen LogP contribution in [0.4, 0.5) is 22.9 Å². The summed E-state index contributed by atoms with van der Waals surface area (Å²) in [5.41, 5.74) is 15.9. The summed E-state index contributed by atoms with van der Waals surface area (Å²) in [6.07, 6.45) is 0.750. The van der Waals surface area contributed by atoms with Gasteiger partial charge in [0, 0.05) is 30.0 Å². The number of benzene rings is 1. The smallest absolute Gasteiger partial charge is 0.292 e. The SMILES string of the molecule is CN(C)C=O.[N-]=[N+]=Nc1cc(N=[N+]=[N-])c2n[n+]3[n-]c4c([N+](=O)[O-])cc([N+](=O)[O-])cc4n3c2n1. The number of carbonyl (C=O) groups excluding carboxylic acids is 1. The molecular weight excluding hydrogens is 444 g/mol. The van der Waals surface area contributed by atoms with Gasteiger partial charge in [0.05, 0.1) is 27.1 Å². The number of hydrogen-bond acceptors (Lipinski definition) is 9. The quantitative estimate of drug-likeness (QED) is 0.0816. The number of fused-ring (bicyclic) bond motifs is 5. The van der Waals surface area contributed by atoms with E-state index < -0.39 is 21.2 Å². The summed E-state index contributed by atoms with van der Waals surface area (Å²) in [6, 6.07) is 3.02. The minimum absolute atomic E-state index is 0.0374. The van der Waals surface area contributed by atoms with Gasteiger partial charge in [-0.05, 0) is 27.0 Å². The summed E-state index contributed by atoms with van der Waals surface area (Å²) in [6.45, 7) is 0. The molecule has 0 saturated heterocycles. The van der Waals surface area contributed by atoms with Crippen molar-refractivity contribution < 1.29 is 19.4 Å². The fourth-order valence-corrected chi connectivity index (χ4v) is 2.65. The Morgan fingerprint density at radius 3 is 2.39 bits per heavy atom. The first-order valence-corrected chi connectivity index (χ1v) is 8.49. The molecule has 1 amide bonds. The van der Waals surface area contributed by atoms with E-state index in [2.05, 4.69) is 35.2 Å². The van der Waals surface area contributed by atoms with Gasteiger partial charge in [-0.2, -0.15) is 0 Å². The molecule has 1 aromatic carbocycles. The molecule has 3 aromatic heterocycles. The molecule has 0 spiro atoms. The third-order valence-corrected chi connectivity index (χ3v) is 3.90. The number of pyridine rings is 1. The number of non-ortho nitro benzene ring substituents is 2. The molecule has 33 heavy (non-hydrogen) atoms. The Morgan fingerprint density at radius 1 is 1.18 bits per heavy atom. The monoisotopic (exact) mass is 454 g/mol. The van der Waals surface area contributed by atoms with Gasteiger partial charge in [0.2, 0.25) is 6.41 Å². The lowest BCUT2D eigenvalue weighted by molar-refractivity contribution is -0.727. The molecule has 19 nitrogen and oxygen atoms in total.